The average molecular weight is 562 g/mol. The van der Waals surface area contributed by atoms with Gasteiger partial charge in [-0.2, -0.15) is 0 Å². The van der Waals surface area contributed by atoms with E-state index in [1.165, 1.54) is 7.11 Å². The van der Waals surface area contributed by atoms with E-state index < -0.39 is 17.9 Å². The molecule has 0 fully saturated rings. The molecule has 2 heterocycles. The molecule has 2 aromatic carbocycles. The van der Waals surface area contributed by atoms with Gasteiger partial charge < -0.3 is 15.0 Å². The molecule has 8 nitrogen and oxygen atoms in total. The summed E-state index contributed by atoms with van der Waals surface area (Å²) in [4.78, 5) is 40.0. The van der Waals surface area contributed by atoms with Crippen molar-refractivity contribution in [2.45, 2.75) is 19.0 Å². The fourth-order valence-electron chi connectivity index (χ4n) is 3.79. The third-order valence-corrected chi connectivity index (χ3v) is 6.38. The first-order chi connectivity index (χ1) is 19.0. The van der Waals surface area contributed by atoms with Crippen LogP contribution in [0.1, 0.15) is 27.9 Å². The van der Waals surface area contributed by atoms with Gasteiger partial charge in [-0.15, -0.1) is 0 Å². The molecule has 0 aliphatic carbocycles. The van der Waals surface area contributed by atoms with Crippen molar-refractivity contribution in [3.05, 3.63) is 118 Å². The Bertz CT molecular complexity index is 1410. The summed E-state index contributed by atoms with van der Waals surface area (Å²) in [5.41, 5.74) is 2.98. The summed E-state index contributed by atoms with van der Waals surface area (Å²) < 4.78 is 4.87. The van der Waals surface area contributed by atoms with Gasteiger partial charge in [0.15, 0.2) is 0 Å². The molecule has 1 N–H and O–H groups in total. The Kier molecular flexibility index (Phi) is 9.61. The van der Waals surface area contributed by atoms with Crippen molar-refractivity contribution >= 4 is 52.8 Å². The number of rotatable bonds is 10. The standard InChI is InChI=1S/C29H25Cl2N5O3/c1-39-28(38)25(35-27(37)26-23(30)6-3-7-24(26)31)8-2-5-20-9-11-22(12-10-20)36(29-33-15-4-16-34-29)19-21-13-17-32-18-14-21/h2-7,9-18,25H,8,19H2,1H3,(H,35,37)/b5-2+. The second kappa shape index (κ2) is 13.5. The highest BCUT2D eigenvalue weighted by Gasteiger charge is 2.23. The third kappa shape index (κ3) is 7.40. The van der Waals surface area contributed by atoms with Gasteiger partial charge in [0.2, 0.25) is 5.95 Å². The monoisotopic (exact) mass is 561 g/mol. The highest BCUT2D eigenvalue weighted by atomic mass is 35.5. The topological polar surface area (TPSA) is 97.3 Å². The predicted octanol–water partition coefficient (Wildman–Crippen LogP) is 5.89. The van der Waals surface area contributed by atoms with Crippen LogP contribution < -0.4 is 10.2 Å². The van der Waals surface area contributed by atoms with Gasteiger partial charge in [0.05, 0.1) is 29.3 Å². The number of carbonyl (C=O) groups is 2. The number of hydrogen-bond acceptors (Lipinski definition) is 7. The Morgan fingerprint density at radius 1 is 0.949 bits per heavy atom. The molecular formula is C29H25Cl2N5O3. The number of ether oxygens (including phenoxy) is 1. The van der Waals surface area contributed by atoms with Crippen LogP contribution in [0.15, 0.2) is 91.5 Å². The van der Waals surface area contributed by atoms with Crippen LogP contribution >= 0.6 is 23.2 Å². The second-order valence-electron chi connectivity index (χ2n) is 8.37. The highest BCUT2D eigenvalue weighted by Crippen LogP contribution is 2.26. The Morgan fingerprint density at radius 2 is 1.62 bits per heavy atom. The van der Waals surface area contributed by atoms with Crippen molar-refractivity contribution < 1.29 is 14.3 Å². The lowest BCUT2D eigenvalue weighted by molar-refractivity contribution is -0.142. The number of pyridine rings is 1. The zero-order chi connectivity index (χ0) is 27.6. The number of hydrogen-bond donors (Lipinski definition) is 1. The Balaban J connectivity index is 1.47. The van der Waals surface area contributed by atoms with Gasteiger partial charge in [0.1, 0.15) is 6.04 Å². The van der Waals surface area contributed by atoms with E-state index in [0.717, 1.165) is 16.8 Å². The molecule has 4 rings (SSSR count). The zero-order valence-electron chi connectivity index (χ0n) is 21.0. The van der Waals surface area contributed by atoms with Gasteiger partial charge in [0, 0.05) is 30.5 Å². The predicted molar refractivity (Wildman–Crippen MR) is 152 cm³/mol. The van der Waals surface area contributed by atoms with Crippen molar-refractivity contribution in [3.63, 3.8) is 0 Å². The van der Waals surface area contributed by atoms with Crippen LogP contribution in [0.5, 0.6) is 0 Å². The number of aromatic nitrogens is 3. The first kappa shape index (κ1) is 27.8. The Hall–Kier alpha value is -4.27. The molecule has 39 heavy (non-hydrogen) atoms. The molecule has 10 heteroatoms. The van der Waals surface area contributed by atoms with Crippen LogP contribution in [0, 0.1) is 0 Å². The van der Waals surface area contributed by atoms with Gasteiger partial charge in [-0.05, 0) is 60.0 Å². The molecule has 1 atom stereocenters. The number of carbonyl (C=O) groups excluding carboxylic acids is 2. The van der Waals surface area contributed by atoms with Crippen molar-refractivity contribution in [1.29, 1.82) is 0 Å². The smallest absolute Gasteiger partial charge is 0.328 e. The van der Waals surface area contributed by atoms with Crippen LogP contribution in [0.3, 0.4) is 0 Å². The summed E-state index contributed by atoms with van der Waals surface area (Å²) in [7, 11) is 1.26. The number of amides is 1. The Morgan fingerprint density at radius 3 is 2.26 bits per heavy atom. The minimum absolute atomic E-state index is 0.105. The highest BCUT2D eigenvalue weighted by molar-refractivity contribution is 6.39. The second-order valence-corrected chi connectivity index (χ2v) is 9.18. The molecule has 2 aromatic heterocycles. The minimum atomic E-state index is -0.920. The maximum atomic E-state index is 12.8. The van der Waals surface area contributed by atoms with Crippen LogP contribution in [-0.4, -0.2) is 40.0 Å². The van der Waals surface area contributed by atoms with E-state index in [1.54, 1.807) is 55.1 Å². The summed E-state index contributed by atoms with van der Waals surface area (Å²) in [5, 5.41) is 3.04. The van der Waals surface area contributed by atoms with Crippen molar-refractivity contribution in [2.75, 3.05) is 12.0 Å². The molecule has 4 aromatic rings. The molecule has 1 amide bonds. The fourth-order valence-corrected chi connectivity index (χ4v) is 4.36. The number of halogens is 2. The number of anilines is 2. The molecule has 0 saturated carbocycles. The number of benzene rings is 2. The summed E-state index contributed by atoms with van der Waals surface area (Å²) in [6, 6.07) is 17.3. The van der Waals surface area contributed by atoms with Crippen LogP contribution in [0.25, 0.3) is 6.08 Å². The summed E-state index contributed by atoms with van der Waals surface area (Å²) in [6.45, 7) is 0.567. The van der Waals surface area contributed by atoms with Crippen LogP contribution in [0.4, 0.5) is 11.6 Å². The van der Waals surface area contributed by atoms with Gasteiger partial charge in [-0.25, -0.2) is 14.8 Å². The Labute approximate surface area is 236 Å². The quantitative estimate of drug-likeness (QED) is 0.241. The minimum Gasteiger partial charge on any atom is -0.467 e. The molecule has 0 aliphatic heterocycles. The van der Waals surface area contributed by atoms with E-state index in [2.05, 4.69) is 20.3 Å². The van der Waals surface area contributed by atoms with Crippen LogP contribution in [0.2, 0.25) is 10.0 Å². The van der Waals surface area contributed by atoms with Gasteiger partial charge in [-0.1, -0.05) is 53.6 Å². The number of methoxy groups -OCH3 is 1. The van der Waals surface area contributed by atoms with E-state index >= 15 is 0 Å². The number of nitrogens with zero attached hydrogens (tertiary/aromatic N) is 4. The summed E-state index contributed by atoms with van der Waals surface area (Å²) in [6.07, 6.45) is 10.8. The van der Waals surface area contributed by atoms with Crippen LogP contribution in [-0.2, 0) is 16.1 Å². The molecule has 0 spiro atoms. The molecule has 0 aliphatic rings. The first-order valence-corrected chi connectivity index (χ1v) is 12.7. The molecule has 1 unspecified atom stereocenters. The number of nitrogens with one attached hydrogen (secondary N) is 1. The molecule has 0 bridgehead atoms. The largest absolute Gasteiger partial charge is 0.467 e. The van der Waals surface area contributed by atoms with Crippen molar-refractivity contribution in [1.82, 2.24) is 20.3 Å². The lowest BCUT2D eigenvalue weighted by atomic mass is 10.1. The maximum absolute atomic E-state index is 12.8. The van der Waals surface area contributed by atoms with Gasteiger partial charge in [-0.3, -0.25) is 9.78 Å². The summed E-state index contributed by atoms with van der Waals surface area (Å²) >= 11 is 12.3. The third-order valence-electron chi connectivity index (χ3n) is 5.75. The first-order valence-electron chi connectivity index (χ1n) is 12.0. The lowest BCUT2D eigenvalue weighted by Gasteiger charge is -2.22. The van der Waals surface area contributed by atoms with Crippen molar-refractivity contribution in [2.24, 2.45) is 0 Å². The molecule has 0 radical (unpaired) electrons. The van der Waals surface area contributed by atoms with E-state index in [1.807, 2.05) is 47.4 Å². The zero-order valence-corrected chi connectivity index (χ0v) is 22.5. The van der Waals surface area contributed by atoms with E-state index in [0.29, 0.717) is 12.5 Å². The van der Waals surface area contributed by atoms with E-state index in [4.69, 9.17) is 27.9 Å². The number of esters is 1. The fraction of sp³-hybridized carbons (Fsp3) is 0.138. The molecule has 0 saturated heterocycles. The van der Waals surface area contributed by atoms with E-state index in [9.17, 15) is 9.59 Å². The molecule has 198 valence electrons. The normalized spacial score (nSPS) is 11.7. The molecular weight excluding hydrogens is 537 g/mol. The maximum Gasteiger partial charge on any atom is 0.328 e. The summed E-state index contributed by atoms with van der Waals surface area (Å²) in [5.74, 6) is -0.565. The average Bonchev–Trinajstić information content (AvgIpc) is 2.96. The van der Waals surface area contributed by atoms with Crippen molar-refractivity contribution in [3.8, 4) is 0 Å². The SMILES string of the molecule is COC(=O)C(C/C=C/c1ccc(N(Cc2ccncc2)c2ncccn2)cc1)NC(=O)c1c(Cl)cccc1Cl. The van der Waals surface area contributed by atoms with E-state index in [-0.39, 0.29) is 22.0 Å². The lowest BCUT2D eigenvalue weighted by Crippen LogP contribution is -2.41. The van der Waals surface area contributed by atoms with Gasteiger partial charge >= 0.3 is 5.97 Å². The van der Waals surface area contributed by atoms with Gasteiger partial charge in [0.25, 0.3) is 5.91 Å².